The van der Waals surface area contributed by atoms with Gasteiger partial charge in [0.25, 0.3) is 0 Å². The maximum atomic E-state index is 13.5. The van der Waals surface area contributed by atoms with E-state index < -0.39 is 47.3 Å². The molecule has 0 saturated heterocycles. The van der Waals surface area contributed by atoms with E-state index in [4.69, 9.17) is 24.7 Å². The first-order valence-electron chi connectivity index (χ1n) is 19.9. The summed E-state index contributed by atoms with van der Waals surface area (Å²) in [6.45, 7) is 15.2. The Bertz CT molecular complexity index is 1430. The largest absolute Gasteiger partial charge is 0.445 e. The van der Waals surface area contributed by atoms with E-state index in [0.717, 1.165) is 0 Å². The van der Waals surface area contributed by atoms with Gasteiger partial charge in [0, 0.05) is 49.5 Å². The van der Waals surface area contributed by atoms with Crippen LogP contribution in [0.4, 0.5) is 15.3 Å². The molecular formula is C40H67N7O11. The van der Waals surface area contributed by atoms with Crippen LogP contribution in [-0.2, 0) is 49.5 Å². The van der Waals surface area contributed by atoms with Gasteiger partial charge in [0.2, 0.25) is 23.6 Å². The predicted octanol–water partition coefficient (Wildman–Crippen LogP) is 2.53. The van der Waals surface area contributed by atoms with Gasteiger partial charge in [-0.3, -0.25) is 24.0 Å². The number of anilines is 1. The summed E-state index contributed by atoms with van der Waals surface area (Å²) >= 11 is 0. The molecule has 328 valence electrons. The van der Waals surface area contributed by atoms with Crippen LogP contribution in [0.2, 0.25) is 0 Å². The van der Waals surface area contributed by atoms with Gasteiger partial charge in [-0.15, -0.1) is 0 Å². The van der Waals surface area contributed by atoms with E-state index in [1.165, 1.54) is 0 Å². The molecule has 18 heteroatoms. The number of alkyl carbamates (subject to hydrolysis) is 1. The lowest BCUT2D eigenvalue weighted by atomic mass is 9.89. The summed E-state index contributed by atoms with van der Waals surface area (Å²) < 4.78 is 21.5. The zero-order chi connectivity index (χ0) is 43.5. The van der Waals surface area contributed by atoms with Crippen molar-refractivity contribution in [2.24, 2.45) is 23.0 Å². The number of ketones is 1. The summed E-state index contributed by atoms with van der Waals surface area (Å²) in [4.78, 5) is 86.4. The van der Waals surface area contributed by atoms with E-state index in [2.05, 4.69) is 31.9 Å². The zero-order valence-corrected chi connectivity index (χ0v) is 35.3. The van der Waals surface area contributed by atoms with Crippen LogP contribution in [0.3, 0.4) is 0 Å². The third kappa shape index (κ3) is 24.1. The number of hydrogen-bond donors (Lipinski definition) is 7. The third-order valence-corrected chi connectivity index (χ3v) is 8.45. The number of carbonyl (C=O) groups excluding carboxylic acids is 7. The molecule has 0 spiro atoms. The van der Waals surface area contributed by atoms with E-state index >= 15 is 0 Å². The fourth-order valence-corrected chi connectivity index (χ4v) is 4.91. The van der Waals surface area contributed by atoms with Crippen molar-refractivity contribution in [3.8, 4) is 0 Å². The Hall–Kier alpha value is -4.81. The Morgan fingerprint density at radius 2 is 1.28 bits per heavy atom. The maximum Gasteiger partial charge on any atom is 0.407 e. The first-order valence-corrected chi connectivity index (χ1v) is 19.9. The molecule has 1 aromatic rings. The number of nitrogens with one attached hydrogen (secondary N) is 6. The van der Waals surface area contributed by atoms with Gasteiger partial charge in [0.05, 0.1) is 39.6 Å². The van der Waals surface area contributed by atoms with Gasteiger partial charge in [0.15, 0.2) is 0 Å². The quantitative estimate of drug-likeness (QED) is 0.0578. The number of ether oxygens (including phenoxy) is 4. The lowest BCUT2D eigenvalue weighted by Crippen LogP contribution is -2.54. The van der Waals surface area contributed by atoms with Gasteiger partial charge >= 0.3 is 12.1 Å². The Morgan fingerprint density at radius 3 is 1.86 bits per heavy atom. The van der Waals surface area contributed by atoms with Crippen LogP contribution < -0.4 is 37.6 Å². The molecule has 0 aliphatic carbocycles. The highest BCUT2D eigenvalue weighted by Gasteiger charge is 2.29. The highest BCUT2D eigenvalue weighted by Crippen LogP contribution is 2.17. The topological polar surface area (TPSA) is 255 Å². The van der Waals surface area contributed by atoms with Gasteiger partial charge in [-0.05, 0) is 42.9 Å². The van der Waals surface area contributed by atoms with E-state index in [0.29, 0.717) is 57.0 Å². The number of amides is 7. The molecule has 0 bridgehead atoms. The number of benzene rings is 1. The molecule has 7 amide bonds. The Labute approximate surface area is 342 Å². The molecule has 0 aliphatic heterocycles. The number of primary amides is 1. The van der Waals surface area contributed by atoms with Gasteiger partial charge in [-0.2, -0.15) is 0 Å². The van der Waals surface area contributed by atoms with Gasteiger partial charge in [-0.1, -0.05) is 60.6 Å². The summed E-state index contributed by atoms with van der Waals surface area (Å²) in [7, 11) is 0. The van der Waals surface area contributed by atoms with Gasteiger partial charge in [-0.25, -0.2) is 9.59 Å². The maximum absolute atomic E-state index is 13.5. The highest BCUT2D eigenvalue weighted by atomic mass is 16.5. The molecular weight excluding hydrogens is 754 g/mol. The molecule has 0 saturated carbocycles. The van der Waals surface area contributed by atoms with Crippen LogP contribution in [0.15, 0.2) is 24.3 Å². The average molecular weight is 822 g/mol. The van der Waals surface area contributed by atoms with E-state index in [9.17, 15) is 33.6 Å². The summed E-state index contributed by atoms with van der Waals surface area (Å²) in [5, 5.41) is 16.2. The predicted molar refractivity (Wildman–Crippen MR) is 217 cm³/mol. The molecule has 0 fully saturated rings. The first kappa shape index (κ1) is 51.2. The Morgan fingerprint density at radius 1 is 0.672 bits per heavy atom. The van der Waals surface area contributed by atoms with E-state index in [1.807, 2.05) is 34.6 Å². The minimum Gasteiger partial charge on any atom is -0.445 e. The summed E-state index contributed by atoms with van der Waals surface area (Å²) in [5.74, 6) is -1.80. The monoisotopic (exact) mass is 821 g/mol. The Balaban J connectivity index is 2.61. The number of nitrogens with two attached hydrogens (primary N) is 1. The molecule has 1 rings (SSSR count). The van der Waals surface area contributed by atoms with Crippen LogP contribution in [0.5, 0.6) is 0 Å². The summed E-state index contributed by atoms with van der Waals surface area (Å²) in [5.41, 5.74) is 5.77. The van der Waals surface area contributed by atoms with Crippen molar-refractivity contribution >= 4 is 47.2 Å². The fourth-order valence-electron chi connectivity index (χ4n) is 4.91. The number of urea groups is 1. The molecule has 0 aromatic heterocycles. The van der Waals surface area contributed by atoms with Crippen LogP contribution in [0, 0.1) is 17.3 Å². The van der Waals surface area contributed by atoms with Crippen molar-refractivity contribution in [3.63, 3.8) is 0 Å². The van der Waals surface area contributed by atoms with Crippen molar-refractivity contribution in [1.82, 2.24) is 26.6 Å². The smallest absolute Gasteiger partial charge is 0.407 e. The lowest BCUT2D eigenvalue weighted by Gasteiger charge is -2.25. The second-order valence-corrected chi connectivity index (χ2v) is 15.3. The van der Waals surface area contributed by atoms with E-state index in [1.54, 1.807) is 38.1 Å². The van der Waals surface area contributed by atoms with Crippen molar-refractivity contribution in [2.45, 2.75) is 99.3 Å². The molecule has 8 N–H and O–H groups in total. The second kappa shape index (κ2) is 28.6. The van der Waals surface area contributed by atoms with Crippen LogP contribution in [0.1, 0.15) is 86.1 Å². The minimum absolute atomic E-state index is 0.0158. The van der Waals surface area contributed by atoms with Crippen LogP contribution >= 0.6 is 0 Å². The Kier molecular flexibility index (Phi) is 25.2. The molecule has 58 heavy (non-hydrogen) atoms. The third-order valence-electron chi connectivity index (χ3n) is 8.45. The lowest BCUT2D eigenvalue weighted by molar-refractivity contribution is -0.132. The van der Waals surface area contributed by atoms with Crippen molar-refractivity contribution < 1.29 is 52.5 Å². The average Bonchev–Trinajstić information content (AvgIpc) is 3.15. The van der Waals surface area contributed by atoms with Gasteiger partial charge in [0.1, 0.15) is 24.5 Å². The number of rotatable bonds is 29. The summed E-state index contributed by atoms with van der Waals surface area (Å²) in [6, 6.07) is 4.05. The highest BCUT2D eigenvalue weighted by molar-refractivity contribution is 5.98. The molecule has 0 radical (unpaired) electrons. The van der Waals surface area contributed by atoms with E-state index in [-0.39, 0.29) is 75.8 Å². The molecule has 0 aliphatic rings. The number of carbonyl (C=O) groups is 7. The SMILES string of the molecule is CC(C)C(=O)NCCOCCOCCNC(=O)OCc1ccc(NC(=O)[C@@H](CCCCNC(N)=O)NC(=O)[C@H](NC(=O)CCOCCC(=O)C(C)(C)C)C(C)C)cc1. The van der Waals surface area contributed by atoms with Gasteiger partial charge < -0.3 is 56.6 Å². The second-order valence-electron chi connectivity index (χ2n) is 15.3. The fraction of sp³-hybridized carbons (Fsp3) is 0.675. The number of hydrogen-bond acceptors (Lipinski definition) is 11. The molecule has 0 unspecified atom stereocenters. The van der Waals surface area contributed by atoms with Crippen LogP contribution in [-0.4, -0.2) is 113 Å². The van der Waals surface area contributed by atoms with Crippen molar-refractivity contribution in [2.75, 3.05) is 64.6 Å². The zero-order valence-electron chi connectivity index (χ0n) is 35.3. The standard InChI is InChI=1S/C40H67N7O11/c1-27(2)34(47-33(49)16-21-55-20-15-32(48)40(5,6)7)37(52)46-31(10-8-9-17-43-38(41)53)36(51)45-30-13-11-29(12-14-30)26-58-39(54)44-19-23-57-25-24-56-22-18-42-35(50)28(3)4/h11-14,27-28,31,34H,8-10,15-26H2,1-7H3,(H,42,50)(H,44,54)(H,45,51)(H,46,52)(H,47,49)(H3,41,43,53)/t31-,34-/m1/s1. The molecule has 2 atom stereocenters. The van der Waals surface area contributed by atoms with Crippen molar-refractivity contribution in [1.29, 1.82) is 0 Å². The summed E-state index contributed by atoms with van der Waals surface area (Å²) in [6.07, 6.45) is 0.791. The first-order chi connectivity index (χ1) is 27.4. The normalized spacial score (nSPS) is 12.3. The molecule has 18 nitrogen and oxygen atoms in total. The minimum atomic E-state index is -0.977. The number of Topliss-reactive ketones (excluding diaryl/α,β-unsaturated/α-hetero) is 1. The van der Waals surface area contributed by atoms with Crippen LogP contribution in [0.25, 0.3) is 0 Å². The molecule has 0 heterocycles. The van der Waals surface area contributed by atoms with Crippen molar-refractivity contribution in [3.05, 3.63) is 29.8 Å². The molecule has 1 aromatic carbocycles. The number of unbranched alkanes of at least 4 members (excludes halogenated alkanes) is 1.